The third-order valence-corrected chi connectivity index (χ3v) is 0.608. The Labute approximate surface area is 41.5 Å². The summed E-state index contributed by atoms with van der Waals surface area (Å²) in [6.45, 7) is 2.05. The van der Waals surface area contributed by atoms with Crippen LogP contribution in [0.15, 0.2) is 0 Å². The summed E-state index contributed by atoms with van der Waals surface area (Å²) in [6, 6.07) is 0. The Morgan fingerprint density at radius 3 is 2.33 bits per heavy atom. The van der Waals surface area contributed by atoms with Crippen LogP contribution < -0.4 is 0 Å². The molecule has 0 aliphatic rings. The van der Waals surface area contributed by atoms with Gasteiger partial charge in [-0.3, -0.25) is 0 Å². The second-order valence-electron chi connectivity index (χ2n) is 0.911. The second kappa shape index (κ2) is 4.99. The van der Waals surface area contributed by atoms with E-state index in [1.807, 2.05) is 6.92 Å². The second-order valence-corrected chi connectivity index (χ2v) is 1.32. The van der Waals surface area contributed by atoms with Gasteiger partial charge in [0, 0.05) is 12.6 Å². The maximum atomic E-state index is 2.93. The van der Waals surface area contributed by atoms with E-state index in [1.54, 1.807) is 0 Å². The average Bonchev–Trinajstić information content (AvgIpc) is 1.61. The molecule has 6 heavy (non-hydrogen) atoms. The molecule has 0 aromatic rings. The van der Waals surface area contributed by atoms with Gasteiger partial charge in [0.15, 0.2) is 0 Å². The van der Waals surface area contributed by atoms with Gasteiger partial charge in [0.05, 0.1) is 0 Å². The van der Waals surface area contributed by atoms with E-state index >= 15 is 0 Å². The van der Waals surface area contributed by atoms with Gasteiger partial charge in [0.2, 0.25) is 0 Å². The SMILES string of the molecule is CCC#CCP. The smallest absolute Gasteiger partial charge is 0.0234 e. The highest BCUT2D eigenvalue weighted by atomic mass is 31.0. The van der Waals surface area contributed by atoms with Crippen molar-refractivity contribution >= 4 is 9.24 Å². The molecule has 0 fully saturated rings. The van der Waals surface area contributed by atoms with Gasteiger partial charge < -0.3 is 0 Å². The Bertz CT molecular complexity index is 57.7. The first kappa shape index (κ1) is 5.99. The molecule has 0 N–H and O–H groups in total. The van der Waals surface area contributed by atoms with E-state index in [-0.39, 0.29) is 0 Å². The van der Waals surface area contributed by atoms with Crippen molar-refractivity contribution in [3.63, 3.8) is 0 Å². The largest absolute Gasteiger partial charge is 0.125 e. The van der Waals surface area contributed by atoms with Gasteiger partial charge in [-0.2, -0.15) is 0 Å². The molecule has 0 heterocycles. The van der Waals surface area contributed by atoms with Gasteiger partial charge >= 0.3 is 0 Å². The van der Waals surface area contributed by atoms with Crippen LogP contribution in [0.5, 0.6) is 0 Å². The molecule has 1 atom stereocenters. The molecule has 0 spiro atoms. The lowest BCUT2D eigenvalue weighted by molar-refractivity contribution is 1.28. The Morgan fingerprint density at radius 2 is 2.17 bits per heavy atom. The minimum atomic E-state index is 0.911. The van der Waals surface area contributed by atoms with Gasteiger partial charge in [0.1, 0.15) is 0 Å². The highest BCUT2D eigenvalue weighted by molar-refractivity contribution is 7.16. The van der Waals surface area contributed by atoms with Crippen molar-refractivity contribution in [3.05, 3.63) is 0 Å². The van der Waals surface area contributed by atoms with Gasteiger partial charge in [-0.05, 0) is 0 Å². The summed E-state index contributed by atoms with van der Waals surface area (Å²) in [5.74, 6) is 5.84. The first-order chi connectivity index (χ1) is 2.91. The molecule has 0 bridgehead atoms. The standard InChI is InChI=1S/C5H9P/c1-2-3-4-5-6/h2,5-6H2,1H3. The maximum Gasteiger partial charge on any atom is 0.0234 e. The minimum Gasteiger partial charge on any atom is -0.125 e. The topological polar surface area (TPSA) is 0 Å². The van der Waals surface area contributed by atoms with Crippen LogP contribution in [0.1, 0.15) is 13.3 Å². The molecule has 0 saturated heterocycles. The molecule has 0 aromatic heterocycles. The Kier molecular flexibility index (Phi) is 4.98. The summed E-state index contributed by atoms with van der Waals surface area (Å²) in [6.07, 6.45) is 1.89. The molecule has 0 amide bonds. The molecule has 0 radical (unpaired) electrons. The highest BCUT2D eigenvalue weighted by Gasteiger charge is 1.56. The van der Waals surface area contributed by atoms with Crippen LogP contribution in [0.4, 0.5) is 0 Å². The maximum absolute atomic E-state index is 2.93. The van der Waals surface area contributed by atoms with Crippen molar-refractivity contribution in [1.82, 2.24) is 0 Å². The quantitative estimate of drug-likeness (QED) is 0.317. The lowest BCUT2D eigenvalue weighted by atomic mass is 10.5. The lowest BCUT2D eigenvalue weighted by Gasteiger charge is -1.65. The molecule has 0 aliphatic heterocycles. The zero-order valence-corrected chi connectivity index (χ0v) is 5.15. The van der Waals surface area contributed by atoms with Crippen LogP contribution in [0, 0.1) is 11.8 Å². The fourth-order valence-electron chi connectivity index (χ4n) is 0.197. The van der Waals surface area contributed by atoms with Crippen LogP contribution >= 0.6 is 9.24 Å². The summed E-state index contributed by atoms with van der Waals surface area (Å²) in [5.41, 5.74) is 0. The van der Waals surface area contributed by atoms with Gasteiger partial charge in [-0.1, -0.05) is 12.8 Å². The van der Waals surface area contributed by atoms with E-state index in [2.05, 4.69) is 21.1 Å². The summed E-state index contributed by atoms with van der Waals surface area (Å²) < 4.78 is 0. The molecule has 0 aliphatic carbocycles. The summed E-state index contributed by atoms with van der Waals surface area (Å²) in [7, 11) is 2.56. The van der Waals surface area contributed by atoms with Crippen molar-refractivity contribution in [3.8, 4) is 11.8 Å². The fourth-order valence-corrected chi connectivity index (χ4v) is 0.342. The van der Waals surface area contributed by atoms with Gasteiger partial charge in [-0.15, -0.1) is 15.2 Å². The molecule has 0 nitrogen and oxygen atoms in total. The molecule has 1 unspecified atom stereocenters. The van der Waals surface area contributed by atoms with E-state index in [0.29, 0.717) is 0 Å². The first-order valence-electron chi connectivity index (χ1n) is 2.07. The number of rotatable bonds is 0. The minimum absolute atomic E-state index is 0.911. The van der Waals surface area contributed by atoms with Gasteiger partial charge in [-0.25, -0.2) is 0 Å². The van der Waals surface area contributed by atoms with Crippen molar-refractivity contribution in [1.29, 1.82) is 0 Å². The molecular formula is C5H9P. The van der Waals surface area contributed by atoms with Crippen LogP contribution in [0.3, 0.4) is 0 Å². The van der Waals surface area contributed by atoms with E-state index in [9.17, 15) is 0 Å². The van der Waals surface area contributed by atoms with Crippen molar-refractivity contribution in [2.45, 2.75) is 13.3 Å². The molecule has 1 heteroatoms. The van der Waals surface area contributed by atoms with Crippen molar-refractivity contribution < 1.29 is 0 Å². The van der Waals surface area contributed by atoms with E-state index in [4.69, 9.17) is 0 Å². The molecule has 34 valence electrons. The number of hydrogen-bond donors (Lipinski definition) is 0. The predicted molar refractivity (Wildman–Crippen MR) is 32.6 cm³/mol. The molecular weight excluding hydrogens is 91.0 g/mol. The van der Waals surface area contributed by atoms with E-state index in [0.717, 1.165) is 12.6 Å². The zero-order chi connectivity index (χ0) is 4.83. The van der Waals surface area contributed by atoms with Crippen LogP contribution in [0.25, 0.3) is 0 Å². The predicted octanol–water partition coefficient (Wildman–Crippen LogP) is 1.27. The Balaban J connectivity index is 2.90. The summed E-state index contributed by atoms with van der Waals surface area (Å²) in [5, 5.41) is 0. The van der Waals surface area contributed by atoms with E-state index in [1.165, 1.54) is 0 Å². The third kappa shape index (κ3) is 3.99. The third-order valence-electron chi connectivity index (χ3n) is 0.404. The lowest BCUT2D eigenvalue weighted by Crippen LogP contribution is -1.56. The summed E-state index contributed by atoms with van der Waals surface area (Å²) >= 11 is 0. The van der Waals surface area contributed by atoms with Crippen molar-refractivity contribution in [2.75, 3.05) is 6.16 Å². The average molecular weight is 100 g/mol. The zero-order valence-electron chi connectivity index (χ0n) is 3.99. The highest BCUT2D eigenvalue weighted by Crippen LogP contribution is 1.74. The Hall–Kier alpha value is -0.0100. The Morgan fingerprint density at radius 1 is 1.50 bits per heavy atom. The molecule has 0 saturated carbocycles. The fraction of sp³-hybridized carbons (Fsp3) is 0.600. The van der Waals surface area contributed by atoms with Crippen LogP contribution in [-0.4, -0.2) is 6.16 Å². The normalized spacial score (nSPS) is 6.33. The van der Waals surface area contributed by atoms with Crippen molar-refractivity contribution in [2.24, 2.45) is 0 Å². The molecule has 0 aromatic carbocycles. The monoisotopic (exact) mass is 100 g/mol. The van der Waals surface area contributed by atoms with Crippen LogP contribution in [0.2, 0.25) is 0 Å². The summed E-state index contributed by atoms with van der Waals surface area (Å²) in [4.78, 5) is 0. The molecule has 0 rings (SSSR count). The van der Waals surface area contributed by atoms with Crippen LogP contribution in [-0.2, 0) is 0 Å². The number of hydrogen-bond acceptors (Lipinski definition) is 0. The first-order valence-corrected chi connectivity index (χ1v) is 2.89. The van der Waals surface area contributed by atoms with E-state index < -0.39 is 0 Å². The van der Waals surface area contributed by atoms with Gasteiger partial charge in [0.25, 0.3) is 0 Å².